The maximum absolute atomic E-state index is 10.9. The lowest BCUT2D eigenvalue weighted by atomic mass is 9.99. The van der Waals surface area contributed by atoms with Crippen molar-refractivity contribution in [3.05, 3.63) is 0 Å². The summed E-state index contributed by atoms with van der Waals surface area (Å²) in [6.45, 7) is -0.575. The van der Waals surface area contributed by atoms with Gasteiger partial charge in [-0.15, -0.1) is 0 Å². The molecule has 0 saturated carbocycles. The zero-order valence-corrected chi connectivity index (χ0v) is 9.25. The number of fused-ring (bicyclic) bond motifs is 1. The monoisotopic (exact) mass is 268 g/mol. The van der Waals surface area contributed by atoms with E-state index in [0.717, 1.165) is 0 Å². The number of carbonyl (C=O) groups is 1. The summed E-state index contributed by atoms with van der Waals surface area (Å²) in [7, 11) is -4.84. The zero-order chi connectivity index (χ0) is 12.6. The number of hydrogen-bond donors (Lipinski definition) is 2. The Morgan fingerprint density at radius 1 is 1.59 bits per heavy atom. The summed E-state index contributed by atoms with van der Waals surface area (Å²) < 4.78 is 44.6. The molecule has 2 aliphatic rings. The summed E-state index contributed by atoms with van der Waals surface area (Å²) in [6, 6.07) is -0.488. The van der Waals surface area contributed by atoms with Crippen molar-refractivity contribution in [2.45, 2.75) is 24.4 Å². The van der Waals surface area contributed by atoms with Crippen molar-refractivity contribution in [3.63, 3.8) is 0 Å². The highest BCUT2D eigenvalue weighted by Crippen LogP contribution is 2.23. The van der Waals surface area contributed by atoms with E-state index < -0.39 is 47.5 Å². The van der Waals surface area contributed by atoms with Crippen LogP contribution in [0.15, 0.2) is 0 Å². The summed E-state index contributed by atoms with van der Waals surface area (Å²) in [5.41, 5.74) is 0. The average molecular weight is 268 g/mol. The highest BCUT2D eigenvalue weighted by Gasteiger charge is 2.47. The van der Waals surface area contributed by atoms with E-state index in [-0.39, 0.29) is 6.61 Å². The van der Waals surface area contributed by atoms with Gasteiger partial charge in [0.1, 0.15) is 12.2 Å². The molecule has 4 atom stereocenters. The first-order valence-corrected chi connectivity index (χ1v) is 6.07. The fourth-order valence-corrected chi connectivity index (χ4v) is 2.05. The number of carbonyl (C=O) groups excluding carboxylic acids is 1. The Morgan fingerprint density at radius 3 is 2.94 bits per heavy atom. The van der Waals surface area contributed by atoms with E-state index in [1.54, 1.807) is 0 Å². The van der Waals surface area contributed by atoms with Crippen molar-refractivity contribution in [2.75, 3.05) is 13.2 Å². The lowest BCUT2D eigenvalue weighted by Crippen LogP contribution is -2.55. The predicted octanol–water partition coefficient (Wildman–Crippen LogP) is -2.30. The number of rotatable bonds is 3. The summed E-state index contributed by atoms with van der Waals surface area (Å²) in [5, 5.41) is 12.1. The number of alkyl carbamates (subject to hydrolysis) is 1. The topological polar surface area (TPSA) is 134 Å². The molecular weight excluding hydrogens is 258 g/mol. The van der Waals surface area contributed by atoms with Gasteiger partial charge in [0.2, 0.25) is 10.4 Å². The molecule has 2 saturated heterocycles. The molecule has 0 aromatic carbocycles. The second-order valence-electron chi connectivity index (χ2n) is 3.68. The van der Waals surface area contributed by atoms with Crippen molar-refractivity contribution >= 4 is 16.5 Å². The van der Waals surface area contributed by atoms with Crippen LogP contribution < -0.4 is 5.32 Å². The normalized spacial score (nSPS) is 37.2. The Morgan fingerprint density at radius 2 is 2.29 bits per heavy atom. The molecule has 0 aliphatic carbocycles. The van der Waals surface area contributed by atoms with Crippen LogP contribution in [-0.2, 0) is 24.1 Å². The van der Waals surface area contributed by atoms with Crippen LogP contribution in [0.3, 0.4) is 0 Å². The molecule has 0 spiro atoms. The van der Waals surface area contributed by atoms with E-state index in [1.807, 2.05) is 0 Å². The second-order valence-corrected chi connectivity index (χ2v) is 4.73. The highest BCUT2D eigenvalue weighted by atomic mass is 32.3. The van der Waals surface area contributed by atoms with Gasteiger partial charge in [0.15, 0.2) is 6.10 Å². The molecule has 0 aromatic heterocycles. The molecule has 0 aromatic rings. The number of nitrogens with one attached hydrogen (secondary N) is 1. The number of hydrogen-bond acceptors (Lipinski definition) is 8. The number of aliphatic hydroxyl groups excluding tert-OH is 1. The molecule has 0 radical (unpaired) electrons. The van der Waals surface area contributed by atoms with Crippen molar-refractivity contribution < 1.29 is 36.5 Å². The van der Waals surface area contributed by atoms with Crippen molar-refractivity contribution in [3.8, 4) is 0 Å². The van der Waals surface area contributed by atoms with Gasteiger partial charge < -0.3 is 24.4 Å². The largest absolute Gasteiger partial charge is 0.726 e. The molecule has 0 bridgehead atoms. The summed E-state index contributed by atoms with van der Waals surface area (Å²) in [6.07, 6.45) is -3.80. The van der Waals surface area contributed by atoms with Crippen LogP contribution in [0, 0.1) is 0 Å². The molecule has 2 rings (SSSR count). The molecule has 2 N–H and O–H groups in total. The second kappa shape index (κ2) is 4.38. The minimum Gasteiger partial charge on any atom is -0.726 e. The lowest BCUT2D eigenvalue weighted by molar-refractivity contribution is -0.141. The van der Waals surface area contributed by atoms with Gasteiger partial charge in [-0.3, -0.25) is 4.18 Å². The Kier molecular flexibility index (Phi) is 3.23. The quantitative estimate of drug-likeness (QED) is 0.431. The molecule has 2 unspecified atom stereocenters. The van der Waals surface area contributed by atoms with Gasteiger partial charge in [-0.1, -0.05) is 0 Å². The zero-order valence-electron chi connectivity index (χ0n) is 8.44. The number of amides is 1. The van der Waals surface area contributed by atoms with Crippen LogP contribution >= 0.6 is 0 Å². The first kappa shape index (κ1) is 12.5. The van der Waals surface area contributed by atoms with Crippen LogP contribution in [0.2, 0.25) is 0 Å². The molecule has 2 fully saturated rings. The molecule has 17 heavy (non-hydrogen) atoms. The van der Waals surface area contributed by atoms with E-state index in [2.05, 4.69) is 9.50 Å². The molecule has 9 nitrogen and oxygen atoms in total. The van der Waals surface area contributed by atoms with Gasteiger partial charge in [-0.2, -0.15) is 0 Å². The van der Waals surface area contributed by atoms with Crippen LogP contribution in [0.1, 0.15) is 0 Å². The molecule has 2 heterocycles. The van der Waals surface area contributed by atoms with E-state index in [0.29, 0.717) is 0 Å². The SMILES string of the molecule is O=C1NC2COC(COS(=O)(=O)[O-])[C@H](O)[C@@H]2O1. The third-order valence-electron chi connectivity index (χ3n) is 2.53. The molecular formula is C7H10NO8S-. The molecule has 98 valence electrons. The van der Waals surface area contributed by atoms with Gasteiger partial charge in [-0.25, -0.2) is 13.2 Å². The maximum atomic E-state index is 10.9. The summed E-state index contributed by atoms with van der Waals surface area (Å²) in [4.78, 5) is 10.9. The predicted molar refractivity (Wildman–Crippen MR) is 48.6 cm³/mol. The maximum Gasteiger partial charge on any atom is 0.408 e. The van der Waals surface area contributed by atoms with Crippen LogP contribution in [-0.4, -0.2) is 61.7 Å². The highest BCUT2D eigenvalue weighted by molar-refractivity contribution is 7.80. The summed E-state index contributed by atoms with van der Waals surface area (Å²) >= 11 is 0. The Bertz CT molecular complexity index is 408. The van der Waals surface area contributed by atoms with Gasteiger partial charge in [-0.05, 0) is 0 Å². The minimum atomic E-state index is -4.84. The number of aliphatic hydroxyl groups is 1. The smallest absolute Gasteiger partial charge is 0.408 e. The van der Waals surface area contributed by atoms with Crippen molar-refractivity contribution in [2.24, 2.45) is 0 Å². The molecule has 2 aliphatic heterocycles. The average Bonchev–Trinajstić information content (AvgIpc) is 2.57. The standard InChI is InChI=1S/C7H11NO8S/c9-5-4(2-15-17(11,12)13)14-1-3-6(5)16-7(10)8-3/h3-6,9H,1-2H2,(H,8,10)(H,11,12,13)/p-1/t3?,4?,5-,6+/m0/s1. The van der Waals surface area contributed by atoms with Gasteiger partial charge in [0.25, 0.3) is 0 Å². The van der Waals surface area contributed by atoms with Crippen molar-refractivity contribution in [1.29, 1.82) is 0 Å². The van der Waals surface area contributed by atoms with Gasteiger partial charge in [0.05, 0.1) is 19.3 Å². The van der Waals surface area contributed by atoms with Crippen molar-refractivity contribution in [1.82, 2.24) is 5.32 Å². The van der Waals surface area contributed by atoms with Gasteiger partial charge >= 0.3 is 6.09 Å². The third-order valence-corrected chi connectivity index (χ3v) is 2.95. The molecule has 1 amide bonds. The first-order chi connectivity index (χ1) is 7.87. The third kappa shape index (κ3) is 2.84. The lowest BCUT2D eigenvalue weighted by Gasteiger charge is -2.34. The molecule has 10 heteroatoms. The Labute approximate surface area is 96.6 Å². The fourth-order valence-electron chi connectivity index (χ4n) is 1.75. The van der Waals surface area contributed by atoms with Gasteiger partial charge in [0, 0.05) is 0 Å². The van der Waals surface area contributed by atoms with E-state index in [4.69, 9.17) is 9.47 Å². The minimum absolute atomic E-state index is 0.0421. The summed E-state index contributed by atoms with van der Waals surface area (Å²) in [5.74, 6) is 0. The first-order valence-electron chi connectivity index (χ1n) is 4.74. The van der Waals surface area contributed by atoms with Crippen LogP contribution in [0.4, 0.5) is 4.79 Å². The Hall–Kier alpha value is -0.940. The van der Waals surface area contributed by atoms with E-state index in [9.17, 15) is 22.9 Å². The Balaban J connectivity index is 1.96. The van der Waals surface area contributed by atoms with Crippen LogP contribution in [0.25, 0.3) is 0 Å². The number of ether oxygens (including phenoxy) is 2. The van der Waals surface area contributed by atoms with E-state index >= 15 is 0 Å². The van der Waals surface area contributed by atoms with E-state index in [1.165, 1.54) is 0 Å². The van der Waals surface area contributed by atoms with Crippen LogP contribution in [0.5, 0.6) is 0 Å². The fraction of sp³-hybridized carbons (Fsp3) is 0.857.